The molecule has 1 aromatic heterocycles. The van der Waals surface area contributed by atoms with Crippen LogP contribution in [-0.2, 0) is 22.6 Å². The summed E-state index contributed by atoms with van der Waals surface area (Å²) in [5.41, 5.74) is 3.84. The minimum absolute atomic E-state index is 0.180. The molecule has 4 heteroatoms. The number of esters is 1. The van der Waals surface area contributed by atoms with E-state index in [2.05, 4.69) is 72.8 Å². The van der Waals surface area contributed by atoms with Crippen LogP contribution in [0.25, 0.3) is 0 Å². The summed E-state index contributed by atoms with van der Waals surface area (Å²) < 4.78 is 7.13. The highest BCUT2D eigenvalue weighted by molar-refractivity contribution is 5.71. The predicted molar refractivity (Wildman–Crippen MR) is 101 cm³/mol. The minimum Gasteiger partial charge on any atom is -0.468 e. The number of rotatable bonds is 9. The number of methoxy groups -OCH3 is 1. The highest BCUT2D eigenvalue weighted by Gasteiger charge is 2.14. The van der Waals surface area contributed by atoms with Crippen molar-refractivity contribution in [3.63, 3.8) is 0 Å². The smallest absolute Gasteiger partial charge is 0.319 e. The molecule has 0 aliphatic rings. The molecule has 0 aliphatic carbocycles. The lowest BCUT2D eigenvalue weighted by Crippen LogP contribution is -2.32. The van der Waals surface area contributed by atoms with Gasteiger partial charge in [0.05, 0.1) is 13.7 Å². The molecule has 0 unspecified atom stereocenters. The van der Waals surface area contributed by atoms with Gasteiger partial charge >= 0.3 is 5.97 Å². The van der Waals surface area contributed by atoms with E-state index in [-0.39, 0.29) is 5.97 Å². The van der Waals surface area contributed by atoms with Gasteiger partial charge in [0.1, 0.15) is 0 Å². The second-order valence-electron chi connectivity index (χ2n) is 7.02. The van der Waals surface area contributed by atoms with Crippen LogP contribution < -0.4 is 0 Å². The van der Waals surface area contributed by atoms with E-state index in [1.54, 1.807) is 0 Å². The molecule has 2 aromatic rings. The molecule has 1 heterocycles. The van der Waals surface area contributed by atoms with Crippen molar-refractivity contribution in [2.75, 3.05) is 20.2 Å². The maximum absolute atomic E-state index is 11.7. The maximum atomic E-state index is 11.7. The summed E-state index contributed by atoms with van der Waals surface area (Å²) in [7, 11) is 1.45. The van der Waals surface area contributed by atoms with Crippen LogP contribution in [0.15, 0.2) is 42.6 Å². The number of carbonyl (C=O) groups is 1. The van der Waals surface area contributed by atoms with Crippen LogP contribution >= 0.6 is 0 Å². The molecule has 0 aliphatic heterocycles. The van der Waals surface area contributed by atoms with Crippen molar-refractivity contribution < 1.29 is 9.53 Å². The van der Waals surface area contributed by atoms with Gasteiger partial charge in [-0.15, -0.1) is 0 Å². The Hall–Kier alpha value is -2.07. The van der Waals surface area contributed by atoms with Crippen molar-refractivity contribution in [1.82, 2.24) is 9.47 Å². The largest absolute Gasteiger partial charge is 0.468 e. The predicted octanol–water partition coefficient (Wildman–Crippen LogP) is 3.87. The highest BCUT2D eigenvalue weighted by Crippen LogP contribution is 2.14. The van der Waals surface area contributed by atoms with Crippen molar-refractivity contribution >= 4 is 5.97 Å². The minimum atomic E-state index is -0.180. The van der Waals surface area contributed by atoms with Crippen molar-refractivity contribution in [1.29, 1.82) is 0 Å². The van der Waals surface area contributed by atoms with E-state index in [0.29, 0.717) is 12.5 Å². The average Bonchev–Trinajstić information content (AvgIpc) is 3.01. The van der Waals surface area contributed by atoms with Crippen molar-refractivity contribution in [3.05, 3.63) is 59.4 Å². The molecule has 2 rings (SSSR count). The van der Waals surface area contributed by atoms with Gasteiger partial charge in [-0.1, -0.05) is 38.1 Å². The summed E-state index contributed by atoms with van der Waals surface area (Å²) in [6.07, 6.45) is 3.18. The Morgan fingerprint density at radius 1 is 1.20 bits per heavy atom. The molecule has 136 valence electrons. The van der Waals surface area contributed by atoms with Crippen molar-refractivity contribution in [3.8, 4) is 0 Å². The number of aromatic nitrogens is 1. The van der Waals surface area contributed by atoms with Crippen LogP contribution in [0, 0.1) is 12.8 Å². The zero-order valence-corrected chi connectivity index (χ0v) is 15.9. The van der Waals surface area contributed by atoms with E-state index >= 15 is 0 Å². The number of hydrogen-bond donors (Lipinski definition) is 0. The van der Waals surface area contributed by atoms with E-state index in [1.807, 2.05) is 0 Å². The SMILES string of the molecule is COC(=O)CN(CCC(C)C)Cc1cccn1Cc1ccccc1C. The van der Waals surface area contributed by atoms with E-state index < -0.39 is 0 Å². The van der Waals surface area contributed by atoms with Crippen LogP contribution in [-0.4, -0.2) is 35.6 Å². The maximum Gasteiger partial charge on any atom is 0.319 e. The molecule has 0 bridgehead atoms. The second-order valence-corrected chi connectivity index (χ2v) is 7.02. The molecule has 0 saturated carbocycles. The van der Waals surface area contributed by atoms with Gasteiger partial charge in [-0.25, -0.2) is 0 Å². The molecule has 4 nitrogen and oxygen atoms in total. The summed E-state index contributed by atoms with van der Waals surface area (Å²) in [5.74, 6) is 0.430. The summed E-state index contributed by atoms with van der Waals surface area (Å²) >= 11 is 0. The van der Waals surface area contributed by atoms with Crippen LogP contribution in [0.1, 0.15) is 37.1 Å². The van der Waals surface area contributed by atoms with E-state index in [1.165, 1.54) is 23.9 Å². The second kappa shape index (κ2) is 9.42. The molecule has 0 radical (unpaired) electrons. The summed E-state index contributed by atoms with van der Waals surface area (Å²) in [6.45, 7) is 9.38. The Balaban J connectivity index is 2.09. The molecular formula is C21H30N2O2. The number of aryl methyl sites for hydroxylation is 1. The molecular weight excluding hydrogens is 312 g/mol. The Labute approximate surface area is 151 Å². The Kier molecular flexibility index (Phi) is 7.26. The van der Waals surface area contributed by atoms with Gasteiger partial charge in [-0.05, 0) is 49.1 Å². The third kappa shape index (κ3) is 6.05. The van der Waals surface area contributed by atoms with Gasteiger partial charge in [0.15, 0.2) is 0 Å². The summed E-state index contributed by atoms with van der Waals surface area (Å²) in [4.78, 5) is 13.9. The van der Waals surface area contributed by atoms with E-state index in [0.717, 1.165) is 26.1 Å². The zero-order chi connectivity index (χ0) is 18.2. The number of ether oxygens (including phenoxy) is 1. The fourth-order valence-electron chi connectivity index (χ4n) is 2.85. The van der Waals surface area contributed by atoms with E-state index in [4.69, 9.17) is 4.74 Å². The normalized spacial score (nSPS) is 11.3. The fraction of sp³-hybridized carbons (Fsp3) is 0.476. The standard InChI is InChI=1S/C21H30N2O2/c1-17(2)11-13-22(16-21(24)25-4)15-20-10-7-12-23(20)14-19-9-6-5-8-18(19)3/h5-10,12,17H,11,13-16H2,1-4H3. The molecule has 25 heavy (non-hydrogen) atoms. The Morgan fingerprint density at radius 2 is 1.96 bits per heavy atom. The third-order valence-corrected chi connectivity index (χ3v) is 4.51. The Bertz CT molecular complexity index is 676. The fourth-order valence-corrected chi connectivity index (χ4v) is 2.85. The third-order valence-electron chi connectivity index (χ3n) is 4.51. The molecule has 0 saturated heterocycles. The first-order chi connectivity index (χ1) is 12.0. The number of benzene rings is 1. The average molecular weight is 342 g/mol. The molecule has 0 amide bonds. The lowest BCUT2D eigenvalue weighted by molar-refractivity contribution is -0.142. The van der Waals surface area contributed by atoms with Gasteiger partial charge < -0.3 is 9.30 Å². The zero-order valence-electron chi connectivity index (χ0n) is 15.9. The number of carbonyl (C=O) groups excluding carboxylic acids is 1. The molecule has 1 aromatic carbocycles. The molecule has 0 N–H and O–H groups in total. The highest BCUT2D eigenvalue weighted by atomic mass is 16.5. The lowest BCUT2D eigenvalue weighted by Gasteiger charge is -2.23. The first-order valence-electron chi connectivity index (χ1n) is 8.97. The van der Waals surface area contributed by atoms with E-state index in [9.17, 15) is 4.79 Å². The molecule has 0 atom stereocenters. The van der Waals surface area contributed by atoms with Gasteiger partial charge in [0, 0.05) is 25.0 Å². The van der Waals surface area contributed by atoms with Crippen LogP contribution in [0.5, 0.6) is 0 Å². The topological polar surface area (TPSA) is 34.5 Å². The first-order valence-corrected chi connectivity index (χ1v) is 8.97. The van der Waals surface area contributed by atoms with Gasteiger partial charge in [-0.3, -0.25) is 9.69 Å². The van der Waals surface area contributed by atoms with Gasteiger partial charge in [0.2, 0.25) is 0 Å². The first kappa shape index (κ1) is 19.3. The summed E-state index contributed by atoms with van der Waals surface area (Å²) in [5, 5.41) is 0. The van der Waals surface area contributed by atoms with Crippen LogP contribution in [0.4, 0.5) is 0 Å². The number of hydrogen-bond acceptors (Lipinski definition) is 3. The van der Waals surface area contributed by atoms with Crippen LogP contribution in [0.2, 0.25) is 0 Å². The van der Waals surface area contributed by atoms with Crippen molar-refractivity contribution in [2.45, 2.75) is 40.3 Å². The van der Waals surface area contributed by atoms with Crippen molar-refractivity contribution in [2.24, 2.45) is 5.92 Å². The van der Waals surface area contributed by atoms with Gasteiger partial charge in [0.25, 0.3) is 0 Å². The quantitative estimate of drug-likeness (QED) is 0.649. The number of nitrogens with zero attached hydrogens (tertiary/aromatic N) is 2. The lowest BCUT2D eigenvalue weighted by atomic mass is 10.1. The van der Waals surface area contributed by atoms with Gasteiger partial charge in [-0.2, -0.15) is 0 Å². The molecule has 0 spiro atoms. The van der Waals surface area contributed by atoms with Crippen LogP contribution in [0.3, 0.4) is 0 Å². The summed E-state index contributed by atoms with van der Waals surface area (Å²) in [6, 6.07) is 12.7. The molecule has 0 fully saturated rings. The monoisotopic (exact) mass is 342 g/mol. The Morgan fingerprint density at radius 3 is 2.64 bits per heavy atom.